The van der Waals surface area contributed by atoms with E-state index < -0.39 is 4.92 Å². The summed E-state index contributed by atoms with van der Waals surface area (Å²) in [5.41, 5.74) is 0.453. The fourth-order valence-electron chi connectivity index (χ4n) is 1.79. The molecule has 0 radical (unpaired) electrons. The van der Waals surface area contributed by atoms with E-state index in [1.54, 1.807) is 16.8 Å². The first-order chi connectivity index (χ1) is 9.69. The van der Waals surface area contributed by atoms with Gasteiger partial charge in [-0.05, 0) is 46.7 Å². The summed E-state index contributed by atoms with van der Waals surface area (Å²) in [6.45, 7) is -0.231. The molecule has 1 aliphatic rings. The van der Waals surface area contributed by atoms with Gasteiger partial charge in [-0.2, -0.15) is 0 Å². The number of nitro benzene ring substituents is 1. The predicted octanol–water partition coefficient (Wildman–Crippen LogP) is 1.56. The van der Waals surface area contributed by atoms with Crippen LogP contribution in [0.5, 0.6) is 0 Å². The largest absolute Gasteiger partial charge is 0.392 e. The number of aliphatic hydroxyl groups excluding tert-OH is 1. The predicted molar refractivity (Wildman–Crippen MR) is 69.2 cm³/mol. The highest BCUT2D eigenvalue weighted by Crippen LogP contribution is 2.40. The standard InChI is InChI=1S/C11H11N5O3S/c17-6-7-1-4-10(9(5-7)16(18)19)20-11-12-13-14-15(11)8-2-3-8/h1,4-5,8,17H,2-3,6H2. The molecule has 2 aromatic rings. The second-order valence-electron chi connectivity index (χ2n) is 4.46. The van der Waals surface area contributed by atoms with Crippen LogP contribution in [0.4, 0.5) is 5.69 Å². The number of nitro groups is 1. The number of hydrogen-bond donors (Lipinski definition) is 1. The molecule has 0 spiro atoms. The van der Waals surface area contributed by atoms with Gasteiger partial charge in [-0.15, -0.1) is 5.10 Å². The molecule has 0 aliphatic heterocycles. The van der Waals surface area contributed by atoms with Crippen LogP contribution in [-0.2, 0) is 6.61 Å². The number of rotatable bonds is 5. The smallest absolute Gasteiger partial charge is 0.283 e. The van der Waals surface area contributed by atoms with Gasteiger partial charge in [0.2, 0.25) is 5.16 Å². The van der Waals surface area contributed by atoms with Gasteiger partial charge in [0.1, 0.15) is 0 Å². The third kappa shape index (κ3) is 2.49. The molecule has 1 N–H and O–H groups in total. The minimum absolute atomic E-state index is 0.0492. The van der Waals surface area contributed by atoms with Gasteiger partial charge >= 0.3 is 0 Å². The Bertz CT molecular complexity index is 655. The first-order valence-corrected chi connectivity index (χ1v) is 6.84. The van der Waals surface area contributed by atoms with Gasteiger partial charge in [-0.25, -0.2) is 4.68 Å². The molecule has 20 heavy (non-hydrogen) atoms. The molecule has 1 heterocycles. The molecule has 0 atom stereocenters. The molecule has 0 amide bonds. The van der Waals surface area contributed by atoms with Gasteiger partial charge in [-0.3, -0.25) is 10.1 Å². The number of hydrogen-bond acceptors (Lipinski definition) is 7. The molecule has 9 heteroatoms. The fourth-order valence-corrected chi connectivity index (χ4v) is 2.72. The van der Waals surface area contributed by atoms with Crippen molar-refractivity contribution in [2.45, 2.75) is 35.5 Å². The van der Waals surface area contributed by atoms with Crippen LogP contribution in [0.1, 0.15) is 24.4 Å². The third-order valence-electron chi connectivity index (χ3n) is 2.96. The van der Waals surface area contributed by atoms with E-state index in [0.717, 1.165) is 12.8 Å². The van der Waals surface area contributed by atoms with E-state index in [9.17, 15) is 10.1 Å². The maximum atomic E-state index is 11.1. The molecule has 0 bridgehead atoms. The summed E-state index contributed by atoms with van der Waals surface area (Å²) < 4.78 is 1.70. The van der Waals surface area contributed by atoms with Crippen LogP contribution < -0.4 is 0 Å². The van der Waals surface area contributed by atoms with Crippen molar-refractivity contribution in [2.75, 3.05) is 0 Å². The highest BCUT2D eigenvalue weighted by Gasteiger charge is 2.29. The lowest BCUT2D eigenvalue weighted by Crippen LogP contribution is -1.99. The normalized spacial score (nSPS) is 14.4. The van der Waals surface area contributed by atoms with E-state index in [0.29, 0.717) is 21.7 Å². The van der Waals surface area contributed by atoms with Gasteiger partial charge in [0.05, 0.1) is 22.5 Å². The summed E-state index contributed by atoms with van der Waals surface area (Å²) in [6, 6.07) is 4.94. The summed E-state index contributed by atoms with van der Waals surface area (Å²) in [6.07, 6.45) is 2.06. The zero-order valence-electron chi connectivity index (χ0n) is 10.3. The van der Waals surface area contributed by atoms with E-state index in [1.807, 2.05) is 0 Å². The summed E-state index contributed by atoms with van der Waals surface area (Å²) in [7, 11) is 0. The van der Waals surface area contributed by atoms with Gasteiger partial charge < -0.3 is 5.11 Å². The lowest BCUT2D eigenvalue weighted by atomic mass is 10.2. The minimum Gasteiger partial charge on any atom is -0.392 e. The molecule has 1 aromatic heterocycles. The Hall–Kier alpha value is -2.00. The van der Waals surface area contributed by atoms with Gasteiger partial charge in [0.15, 0.2) is 0 Å². The zero-order valence-corrected chi connectivity index (χ0v) is 11.2. The molecular weight excluding hydrogens is 282 g/mol. The number of tetrazole rings is 1. The molecule has 104 valence electrons. The monoisotopic (exact) mass is 293 g/mol. The third-order valence-corrected chi connectivity index (χ3v) is 3.98. The van der Waals surface area contributed by atoms with E-state index >= 15 is 0 Å². The number of benzene rings is 1. The van der Waals surface area contributed by atoms with Gasteiger partial charge in [-0.1, -0.05) is 6.07 Å². The van der Waals surface area contributed by atoms with Crippen molar-refractivity contribution < 1.29 is 10.0 Å². The first kappa shape index (κ1) is 13.0. The van der Waals surface area contributed by atoms with Crippen LogP contribution in [0.2, 0.25) is 0 Å². The first-order valence-electron chi connectivity index (χ1n) is 6.03. The van der Waals surface area contributed by atoms with Crippen LogP contribution in [0.15, 0.2) is 28.3 Å². The summed E-state index contributed by atoms with van der Waals surface area (Å²) >= 11 is 1.17. The zero-order chi connectivity index (χ0) is 14.1. The van der Waals surface area contributed by atoms with Gasteiger partial charge in [0, 0.05) is 6.07 Å². The van der Waals surface area contributed by atoms with Gasteiger partial charge in [0.25, 0.3) is 5.69 Å². The fraction of sp³-hybridized carbons (Fsp3) is 0.364. The number of nitrogens with zero attached hydrogens (tertiary/aromatic N) is 5. The molecule has 8 nitrogen and oxygen atoms in total. The summed E-state index contributed by atoms with van der Waals surface area (Å²) in [5.74, 6) is 0. The van der Waals surface area contributed by atoms with Crippen molar-refractivity contribution in [3.63, 3.8) is 0 Å². The Kier molecular flexibility index (Phi) is 3.36. The van der Waals surface area contributed by atoms with Crippen LogP contribution in [0.25, 0.3) is 0 Å². The van der Waals surface area contributed by atoms with Crippen molar-refractivity contribution in [3.05, 3.63) is 33.9 Å². The number of aromatic nitrogens is 4. The molecule has 1 aliphatic carbocycles. The highest BCUT2D eigenvalue weighted by atomic mass is 32.2. The Morgan fingerprint density at radius 1 is 1.50 bits per heavy atom. The van der Waals surface area contributed by atoms with Crippen LogP contribution in [0.3, 0.4) is 0 Å². The van der Waals surface area contributed by atoms with Crippen molar-refractivity contribution in [2.24, 2.45) is 0 Å². The van der Waals surface area contributed by atoms with E-state index in [2.05, 4.69) is 15.5 Å². The lowest BCUT2D eigenvalue weighted by Gasteiger charge is -2.04. The van der Waals surface area contributed by atoms with E-state index in [1.165, 1.54) is 17.8 Å². The Labute approximate surface area is 117 Å². The topological polar surface area (TPSA) is 107 Å². The van der Waals surface area contributed by atoms with E-state index in [-0.39, 0.29) is 12.3 Å². The highest BCUT2D eigenvalue weighted by molar-refractivity contribution is 7.99. The van der Waals surface area contributed by atoms with Crippen LogP contribution in [0, 0.1) is 10.1 Å². The second kappa shape index (κ2) is 5.17. The average molecular weight is 293 g/mol. The number of aliphatic hydroxyl groups is 1. The average Bonchev–Trinajstić information content (AvgIpc) is 3.19. The molecule has 1 fully saturated rings. The van der Waals surface area contributed by atoms with Crippen molar-refractivity contribution >= 4 is 17.4 Å². The summed E-state index contributed by atoms with van der Waals surface area (Å²) in [5, 5.41) is 32.1. The Morgan fingerprint density at radius 3 is 2.95 bits per heavy atom. The maximum Gasteiger partial charge on any atom is 0.283 e. The van der Waals surface area contributed by atoms with Crippen molar-refractivity contribution in [3.8, 4) is 0 Å². The maximum absolute atomic E-state index is 11.1. The molecule has 0 unspecified atom stereocenters. The van der Waals surface area contributed by atoms with Crippen molar-refractivity contribution in [1.29, 1.82) is 0 Å². The Morgan fingerprint density at radius 2 is 2.30 bits per heavy atom. The molecule has 3 rings (SSSR count). The Balaban J connectivity index is 1.93. The van der Waals surface area contributed by atoms with Crippen LogP contribution >= 0.6 is 11.8 Å². The van der Waals surface area contributed by atoms with Crippen molar-refractivity contribution in [1.82, 2.24) is 20.2 Å². The quantitative estimate of drug-likeness (QED) is 0.658. The SMILES string of the molecule is O=[N+]([O-])c1cc(CO)ccc1Sc1nnnn1C1CC1. The molecular formula is C11H11N5O3S. The van der Waals surface area contributed by atoms with E-state index in [4.69, 9.17) is 5.11 Å². The molecule has 0 saturated heterocycles. The second-order valence-corrected chi connectivity index (χ2v) is 5.47. The summed E-state index contributed by atoms with van der Waals surface area (Å²) in [4.78, 5) is 11.1. The molecule has 1 saturated carbocycles. The van der Waals surface area contributed by atoms with Crippen LogP contribution in [-0.4, -0.2) is 30.2 Å². The molecule has 1 aromatic carbocycles. The lowest BCUT2D eigenvalue weighted by molar-refractivity contribution is -0.387. The minimum atomic E-state index is -0.466.